The summed E-state index contributed by atoms with van der Waals surface area (Å²) in [6, 6.07) is 9.49. The van der Waals surface area contributed by atoms with E-state index < -0.39 is 21.9 Å². The van der Waals surface area contributed by atoms with Crippen molar-refractivity contribution in [2.75, 3.05) is 34.3 Å². The van der Waals surface area contributed by atoms with Crippen LogP contribution in [0.5, 0.6) is 0 Å². The number of hydrogen-bond acceptors (Lipinski definition) is 6. The topological polar surface area (TPSA) is 91.4 Å². The van der Waals surface area contributed by atoms with Gasteiger partial charge in [-0.2, -0.15) is 0 Å². The van der Waals surface area contributed by atoms with Crippen LogP contribution in [0.4, 0.5) is 25.8 Å². The number of carbonyl (C=O) groups is 1. The Balaban J connectivity index is 1.45. The van der Waals surface area contributed by atoms with E-state index in [0.717, 1.165) is 6.26 Å². The lowest BCUT2D eigenvalue weighted by atomic mass is 10.1. The Morgan fingerprint density at radius 1 is 1.19 bits per heavy atom. The number of nitrogens with one attached hydrogen (secondary N) is 2. The molecule has 0 atom stereocenters. The summed E-state index contributed by atoms with van der Waals surface area (Å²) >= 11 is 7.23. The van der Waals surface area contributed by atoms with Crippen molar-refractivity contribution < 1.29 is 22.0 Å². The van der Waals surface area contributed by atoms with E-state index in [2.05, 4.69) is 15.0 Å². The first kappa shape index (κ1) is 22.4. The summed E-state index contributed by atoms with van der Waals surface area (Å²) in [6.45, 7) is -0.635. The third-order valence-electron chi connectivity index (χ3n) is 4.54. The number of benzene rings is 1. The van der Waals surface area contributed by atoms with Gasteiger partial charge in [0.05, 0.1) is 47.5 Å². The number of nitrogens with zero attached hydrogens (tertiary/aromatic N) is 2. The quantitative estimate of drug-likeness (QED) is 0.520. The van der Waals surface area contributed by atoms with Gasteiger partial charge in [0.2, 0.25) is 10.0 Å². The standard InChI is InChI=1S/C20H17ClF2N4O3S2/c1-32(29,30)26-15-6-13(21)5-14(7-15)25-19(28)18-4-12(9-31-18)17-3-2-16(8-24-17)27-10-20(22,23)11-27/h2-9,26H,10-11H2,1H3,(H,25,28). The van der Waals surface area contributed by atoms with Gasteiger partial charge in [-0.15, -0.1) is 11.3 Å². The minimum atomic E-state index is -3.50. The molecule has 1 amide bonds. The van der Waals surface area contributed by atoms with Gasteiger partial charge in [-0.1, -0.05) is 11.6 Å². The van der Waals surface area contributed by atoms with E-state index in [9.17, 15) is 22.0 Å². The molecule has 1 aromatic carbocycles. The minimum Gasteiger partial charge on any atom is -0.358 e. The molecule has 3 heterocycles. The molecule has 3 aromatic rings. The van der Waals surface area contributed by atoms with Gasteiger partial charge in [0.25, 0.3) is 11.8 Å². The summed E-state index contributed by atoms with van der Waals surface area (Å²) in [6.07, 6.45) is 2.54. The van der Waals surface area contributed by atoms with Crippen molar-refractivity contribution in [2.45, 2.75) is 5.92 Å². The van der Waals surface area contributed by atoms with Gasteiger partial charge in [0.15, 0.2) is 0 Å². The molecule has 1 aliphatic rings. The average Bonchev–Trinajstić information content (AvgIpc) is 3.14. The summed E-state index contributed by atoms with van der Waals surface area (Å²) in [5, 5.41) is 4.71. The second-order valence-electron chi connectivity index (χ2n) is 7.37. The number of hydrogen-bond donors (Lipinski definition) is 2. The van der Waals surface area contributed by atoms with E-state index in [1.165, 1.54) is 35.7 Å². The molecule has 168 valence electrons. The van der Waals surface area contributed by atoms with E-state index in [1.54, 1.807) is 28.5 Å². The lowest BCUT2D eigenvalue weighted by Gasteiger charge is -2.40. The number of alkyl halides is 2. The molecule has 2 aromatic heterocycles. The van der Waals surface area contributed by atoms with Crippen molar-refractivity contribution in [1.29, 1.82) is 0 Å². The first-order valence-corrected chi connectivity index (χ1v) is 12.4. The van der Waals surface area contributed by atoms with Crippen LogP contribution in [-0.4, -0.2) is 44.6 Å². The highest BCUT2D eigenvalue weighted by Gasteiger charge is 2.43. The Bertz CT molecular complexity index is 1270. The zero-order chi connectivity index (χ0) is 23.1. The van der Waals surface area contributed by atoms with Crippen molar-refractivity contribution >= 4 is 55.9 Å². The Morgan fingerprint density at radius 2 is 1.91 bits per heavy atom. The summed E-state index contributed by atoms with van der Waals surface area (Å²) in [4.78, 5) is 18.9. The van der Waals surface area contributed by atoms with Crippen LogP contribution in [0.2, 0.25) is 5.02 Å². The van der Waals surface area contributed by atoms with Crippen LogP contribution in [0.15, 0.2) is 48.0 Å². The van der Waals surface area contributed by atoms with Crippen LogP contribution in [0.1, 0.15) is 9.67 Å². The molecule has 4 rings (SSSR count). The number of amides is 1. The Labute approximate surface area is 192 Å². The smallest absolute Gasteiger partial charge is 0.282 e. The molecular formula is C20H17ClF2N4O3S2. The van der Waals surface area contributed by atoms with Crippen LogP contribution in [-0.2, 0) is 10.0 Å². The largest absolute Gasteiger partial charge is 0.358 e. The first-order valence-electron chi connectivity index (χ1n) is 9.25. The maximum absolute atomic E-state index is 13.0. The first-order chi connectivity index (χ1) is 15.0. The van der Waals surface area contributed by atoms with E-state index in [-0.39, 0.29) is 23.8 Å². The van der Waals surface area contributed by atoms with Crippen molar-refractivity contribution in [3.05, 3.63) is 57.9 Å². The summed E-state index contributed by atoms with van der Waals surface area (Å²) in [5.74, 6) is -3.05. The zero-order valence-corrected chi connectivity index (χ0v) is 19.0. The number of thiophene rings is 1. The van der Waals surface area contributed by atoms with Crippen LogP contribution < -0.4 is 14.9 Å². The number of pyridine rings is 1. The van der Waals surface area contributed by atoms with Crippen molar-refractivity contribution in [3.8, 4) is 11.3 Å². The lowest BCUT2D eigenvalue weighted by molar-refractivity contribution is -0.0262. The number of carbonyl (C=O) groups excluding carboxylic acids is 1. The molecule has 12 heteroatoms. The van der Waals surface area contributed by atoms with Gasteiger partial charge in [0, 0.05) is 21.7 Å². The molecule has 7 nitrogen and oxygen atoms in total. The maximum Gasteiger partial charge on any atom is 0.282 e. The van der Waals surface area contributed by atoms with Crippen LogP contribution in [0.25, 0.3) is 11.3 Å². The van der Waals surface area contributed by atoms with E-state index >= 15 is 0 Å². The molecule has 1 saturated heterocycles. The number of sulfonamides is 1. The molecular weight excluding hydrogens is 482 g/mol. The van der Waals surface area contributed by atoms with Gasteiger partial charge >= 0.3 is 0 Å². The molecule has 0 unspecified atom stereocenters. The highest BCUT2D eigenvalue weighted by molar-refractivity contribution is 7.92. The SMILES string of the molecule is CS(=O)(=O)Nc1cc(Cl)cc(NC(=O)c2cc(-c3ccc(N4CC(F)(F)C4)cn3)cs2)c1. The van der Waals surface area contributed by atoms with Gasteiger partial charge in [-0.25, -0.2) is 17.2 Å². The highest BCUT2D eigenvalue weighted by Crippen LogP contribution is 2.33. The summed E-state index contributed by atoms with van der Waals surface area (Å²) in [5.41, 5.74) is 2.50. The molecule has 0 bridgehead atoms. The number of halogens is 3. The van der Waals surface area contributed by atoms with E-state index in [4.69, 9.17) is 11.6 Å². The maximum atomic E-state index is 13.0. The van der Waals surface area contributed by atoms with Gasteiger partial charge in [-0.3, -0.25) is 14.5 Å². The fourth-order valence-electron chi connectivity index (χ4n) is 3.16. The minimum absolute atomic E-state index is 0.228. The average molecular weight is 499 g/mol. The second kappa shape index (κ2) is 8.30. The molecule has 1 aliphatic heterocycles. The van der Waals surface area contributed by atoms with Gasteiger partial charge < -0.3 is 10.2 Å². The number of aromatic nitrogens is 1. The molecule has 0 saturated carbocycles. The third-order valence-corrected chi connectivity index (χ3v) is 6.29. The number of anilines is 3. The molecule has 0 radical (unpaired) electrons. The van der Waals surface area contributed by atoms with Crippen molar-refractivity contribution in [2.24, 2.45) is 0 Å². The van der Waals surface area contributed by atoms with Crippen LogP contribution >= 0.6 is 22.9 Å². The fourth-order valence-corrected chi connectivity index (χ4v) is 4.73. The molecule has 0 spiro atoms. The normalized spacial score (nSPS) is 15.2. The van der Waals surface area contributed by atoms with Crippen LogP contribution in [0, 0.1) is 0 Å². The van der Waals surface area contributed by atoms with Crippen molar-refractivity contribution in [3.63, 3.8) is 0 Å². The third kappa shape index (κ3) is 5.34. The Morgan fingerprint density at radius 3 is 2.53 bits per heavy atom. The van der Waals surface area contributed by atoms with Crippen LogP contribution in [0.3, 0.4) is 0 Å². The summed E-state index contributed by atoms with van der Waals surface area (Å²) in [7, 11) is -3.50. The van der Waals surface area contributed by atoms with Gasteiger partial charge in [0.1, 0.15) is 0 Å². The highest BCUT2D eigenvalue weighted by atomic mass is 35.5. The Kier molecular flexibility index (Phi) is 5.82. The molecule has 0 aliphatic carbocycles. The fraction of sp³-hybridized carbons (Fsp3) is 0.200. The lowest BCUT2D eigenvalue weighted by Crippen LogP contribution is -2.56. The predicted octanol–water partition coefficient (Wildman–Crippen LogP) is 4.54. The van der Waals surface area contributed by atoms with E-state index in [1.807, 2.05) is 0 Å². The Hall–Kier alpha value is -2.76. The monoisotopic (exact) mass is 498 g/mol. The second-order valence-corrected chi connectivity index (χ2v) is 10.5. The van der Waals surface area contributed by atoms with Gasteiger partial charge in [-0.05, 0) is 36.4 Å². The van der Waals surface area contributed by atoms with Crippen molar-refractivity contribution in [1.82, 2.24) is 4.98 Å². The van der Waals surface area contributed by atoms with E-state index in [0.29, 0.717) is 27.5 Å². The molecule has 32 heavy (non-hydrogen) atoms. The zero-order valence-electron chi connectivity index (χ0n) is 16.6. The predicted molar refractivity (Wildman–Crippen MR) is 123 cm³/mol. The molecule has 1 fully saturated rings. The summed E-state index contributed by atoms with van der Waals surface area (Å²) < 4.78 is 51.2. The number of rotatable bonds is 6. The molecule has 2 N–H and O–H groups in total.